The van der Waals surface area contributed by atoms with Gasteiger partial charge in [0.25, 0.3) is 0 Å². The van der Waals surface area contributed by atoms with Crippen molar-refractivity contribution in [1.29, 1.82) is 0 Å². The van der Waals surface area contributed by atoms with E-state index in [4.69, 9.17) is 4.98 Å². The van der Waals surface area contributed by atoms with Gasteiger partial charge in [0.05, 0.1) is 5.92 Å². The summed E-state index contributed by atoms with van der Waals surface area (Å²) in [5.74, 6) is 1.72. The van der Waals surface area contributed by atoms with Crippen LogP contribution in [0.2, 0.25) is 0 Å². The van der Waals surface area contributed by atoms with Crippen molar-refractivity contribution in [2.75, 3.05) is 23.3 Å². The Labute approximate surface area is 187 Å². The van der Waals surface area contributed by atoms with Gasteiger partial charge in [0, 0.05) is 37.3 Å². The second kappa shape index (κ2) is 8.68. The molecule has 1 saturated heterocycles. The highest BCUT2D eigenvalue weighted by molar-refractivity contribution is 5.97. The van der Waals surface area contributed by atoms with Gasteiger partial charge in [0.15, 0.2) is 22.8 Å². The summed E-state index contributed by atoms with van der Waals surface area (Å²) >= 11 is 0. The normalized spacial score (nSPS) is 18.8. The molecule has 1 N–H and O–H groups in total. The summed E-state index contributed by atoms with van der Waals surface area (Å²) in [4.78, 5) is 40.9. The number of benzene rings is 1. The third kappa shape index (κ3) is 3.97. The maximum atomic E-state index is 13.0. The van der Waals surface area contributed by atoms with E-state index < -0.39 is 0 Å². The molecule has 4 heterocycles. The van der Waals surface area contributed by atoms with Gasteiger partial charge in [-0.25, -0.2) is 15.0 Å². The molecule has 0 bridgehead atoms. The first kappa shape index (κ1) is 20.6. The number of imidazole rings is 1. The highest BCUT2D eigenvalue weighted by Gasteiger charge is 2.29. The van der Waals surface area contributed by atoms with Crippen molar-refractivity contribution in [2.24, 2.45) is 5.92 Å². The average molecular weight is 433 g/mol. The van der Waals surface area contributed by atoms with Crippen LogP contribution in [0.5, 0.6) is 0 Å². The highest BCUT2D eigenvalue weighted by atomic mass is 16.2. The van der Waals surface area contributed by atoms with E-state index in [0.29, 0.717) is 17.8 Å². The Kier molecular flexibility index (Phi) is 5.59. The van der Waals surface area contributed by atoms with Gasteiger partial charge in [-0.1, -0.05) is 18.6 Å². The smallest absolute Gasteiger partial charge is 0.229 e. The number of aryl methyl sites for hydroxylation is 2. The van der Waals surface area contributed by atoms with Crippen LogP contribution in [-0.4, -0.2) is 44.3 Å². The van der Waals surface area contributed by atoms with Crippen LogP contribution in [0.3, 0.4) is 0 Å². The molecule has 2 aliphatic rings. The van der Waals surface area contributed by atoms with E-state index in [1.807, 2.05) is 6.07 Å². The molecular formula is C24H28N6O2. The lowest BCUT2D eigenvalue weighted by Gasteiger charge is -2.32. The van der Waals surface area contributed by atoms with E-state index >= 15 is 0 Å². The lowest BCUT2D eigenvalue weighted by molar-refractivity contribution is -0.120. The molecule has 5 rings (SSSR count). The monoisotopic (exact) mass is 432 g/mol. The van der Waals surface area contributed by atoms with Crippen molar-refractivity contribution in [3.8, 4) is 0 Å². The predicted octanol–water partition coefficient (Wildman–Crippen LogP) is 3.61. The number of carbonyl (C=O) groups is 2. The summed E-state index contributed by atoms with van der Waals surface area (Å²) in [5.41, 5.74) is 3.00. The molecule has 0 radical (unpaired) electrons. The van der Waals surface area contributed by atoms with Crippen LogP contribution in [-0.2, 0) is 17.8 Å². The second-order valence-electron chi connectivity index (χ2n) is 8.77. The number of hydrogen-bond donors (Lipinski definition) is 1. The molecule has 166 valence electrons. The molecule has 0 saturated carbocycles. The summed E-state index contributed by atoms with van der Waals surface area (Å²) < 4.78 is 2.24. The zero-order valence-electron chi connectivity index (χ0n) is 18.4. The van der Waals surface area contributed by atoms with Crippen LogP contribution in [0.1, 0.15) is 55.2 Å². The molecule has 3 aromatic rings. The topological polar surface area (TPSA) is 93.0 Å². The lowest BCUT2D eigenvalue weighted by Crippen LogP contribution is -2.41. The van der Waals surface area contributed by atoms with Crippen LogP contribution in [0.25, 0.3) is 11.2 Å². The van der Waals surface area contributed by atoms with Crippen molar-refractivity contribution in [3.05, 3.63) is 42.0 Å². The number of rotatable bonds is 4. The number of carbonyl (C=O) groups excluding carboxylic acids is 2. The van der Waals surface area contributed by atoms with Crippen molar-refractivity contribution in [1.82, 2.24) is 19.5 Å². The molecular weight excluding hydrogens is 404 g/mol. The number of hydrogen-bond acceptors (Lipinski definition) is 6. The number of aromatic nitrogens is 4. The summed E-state index contributed by atoms with van der Waals surface area (Å²) in [6.45, 7) is 3.91. The van der Waals surface area contributed by atoms with Crippen molar-refractivity contribution < 1.29 is 9.59 Å². The Morgan fingerprint density at radius 3 is 2.88 bits per heavy atom. The van der Waals surface area contributed by atoms with Crippen LogP contribution in [0, 0.1) is 5.92 Å². The average Bonchev–Trinajstić information content (AvgIpc) is 3.00. The number of piperidine rings is 1. The Bertz CT molecular complexity index is 1170. The highest BCUT2D eigenvalue weighted by Crippen LogP contribution is 2.29. The van der Waals surface area contributed by atoms with E-state index in [0.717, 1.165) is 68.0 Å². The zero-order chi connectivity index (χ0) is 22.1. The molecule has 2 aromatic heterocycles. The van der Waals surface area contributed by atoms with Gasteiger partial charge >= 0.3 is 0 Å². The third-order valence-electron chi connectivity index (χ3n) is 6.50. The van der Waals surface area contributed by atoms with E-state index in [1.54, 1.807) is 24.5 Å². The summed E-state index contributed by atoms with van der Waals surface area (Å²) in [7, 11) is 0. The predicted molar refractivity (Wildman–Crippen MR) is 123 cm³/mol. The molecule has 1 atom stereocenters. The summed E-state index contributed by atoms with van der Waals surface area (Å²) in [6, 6.07) is 7.09. The number of amides is 1. The molecule has 0 aliphatic carbocycles. The first-order valence-electron chi connectivity index (χ1n) is 11.5. The lowest BCUT2D eigenvalue weighted by atomic mass is 9.97. The number of anilines is 2. The molecule has 32 heavy (non-hydrogen) atoms. The molecule has 8 nitrogen and oxygen atoms in total. The minimum atomic E-state index is -0.157. The minimum absolute atomic E-state index is 0.0174. The molecule has 2 aliphatic heterocycles. The van der Waals surface area contributed by atoms with Gasteiger partial charge in [0.2, 0.25) is 5.91 Å². The van der Waals surface area contributed by atoms with Gasteiger partial charge in [0.1, 0.15) is 12.2 Å². The molecule has 0 spiro atoms. The number of fused-ring (bicyclic) bond motifs is 3. The fourth-order valence-corrected chi connectivity index (χ4v) is 4.80. The standard InChI is InChI=1S/C24H28N6O2/c1-16(31)17-7-5-9-19(13-17)27-24(32)18-8-6-11-29(14-18)22-21-23(26-15-25-22)30-12-4-2-3-10-20(30)28-21/h5,7,9,13,15,18H,2-4,6,8,10-12,14H2,1H3,(H,27,32)/t18-/m1/s1. The quantitative estimate of drug-likeness (QED) is 0.633. The van der Waals surface area contributed by atoms with Gasteiger partial charge in [-0.3, -0.25) is 9.59 Å². The van der Waals surface area contributed by atoms with E-state index in [9.17, 15) is 9.59 Å². The van der Waals surface area contributed by atoms with Gasteiger partial charge in [-0.2, -0.15) is 0 Å². The summed E-state index contributed by atoms with van der Waals surface area (Å²) in [5, 5.41) is 2.99. The Hall–Kier alpha value is -3.29. The number of ketones is 1. The Morgan fingerprint density at radius 2 is 2.00 bits per heavy atom. The van der Waals surface area contributed by atoms with Gasteiger partial charge in [-0.05, 0) is 44.7 Å². The molecule has 1 amide bonds. The number of nitrogens with one attached hydrogen (secondary N) is 1. The van der Waals surface area contributed by atoms with E-state index in [-0.39, 0.29) is 17.6 Å². The maximum Gasteiger partial charge on any atom is 0.229 e. The largest absolute Gasteiger partial charge is 0.354 e. The zero-order valence-corrected chi connectivity index (χ0v) is 18.4. The maximum absolute atomic E-state index is 13.0. The SMILES string of the molecule is CC(=O)c1cccc(NC(=O)[C@@H]2CCCN(c3ncnc4c3nc3n4CCCCC3)C2)c1. The second-order valence-corrected chi connectivity index (χ2v) is 8.77. The van der Waals surface area contributed by atoms with Crippen molar-refractivity contribution in [3.63, 3.8) is 0 Å². The fourth-order valence-electron chi connectivity index (χ4n) is 4.80. The van der Waals surface area contributed by atoms with Crippen LogP contribution < -0.4 is 10.2 Å². The number of nitrogens with zero attached hydrogens (tertiary/aromatic N) is 5. The third-order valence-corrected chi connectivity index (χ3v) is 6.50. The van der Waals surface area contributed by atoms with Crippen molar-refractivity contribution in [2.45, 2.75) is 52.0 Å². The summed E-state index contributed by atoms with van der Waals surface area (Å²) in [6.07, 6.45) is 7.85. The minimum Gasteiger partial charge on any atom is -0.354 e. The number of Topliss-reactive ketones (excluding diaryl/α,β-unsaturated/α-hetero) is 1. The molecule has 1 fully saturated rings. The first-order valence-corrected chi connectivity index (χ1v) is 11.5. The van der Waals surface area contributed by atoms with Crippen molar-refractivity contribution >= 4 is 34.4 Å². The molecule has 8 heteroatoms. The van der Waals surface area contributed by atoms with Crippen LogP contribution in [0.15, 0.2) is 30.6 Å². The van der Waals surface area contributed by atoms with Gasteiger partial charge in [-0.15, -0.1) is 0 Å². The van der Waals surface area contributed by atoms with Gasteiger partial charge < -0.3 is 14.8 Å². The Morgan fingerprint density at radius 1 is 1.09 bits per heavy atom. The van der Waals surface area contributed by atoms with E-state index in [2.05, 4.69) is 24.8 Å². The Balaban J connectivity index is 1.36. The van der Waals surface area contributed by atoms with E-state index in [1.165, 1.54) is 13.3 Å². The first-order chi connectivity index (χ1) is 15.6. The van der Waals surface area contributed by atoms with Crippen LogP contribution in [0.4, 0.5) is 11.5 Å². The molecule has 1 aromatic carbocycles. The fraction of sp³-hybridized carbons (Fsp3) is 0.458. The van der Waals surface area contributed by atoms with Crippen LogP contribution >= 0.6 is 0 Å². The molecule has 0 unspecified atom stereocenters.